The molecule has 0 bridgehead atoms. The lowest BCUT2D eigenvalue weighted by Gasteiger charge is -2.11. The number of aliphatic hydroxyl groups is 1. The molecule has 0 aliphatic rings. The monoisotopic (exact) mass is 586 g/mol. The molecule has 13 heteroatoms. The first-order valence-corrected chi connectivity index (χ1v) is 12.9. The van der Waals surface area contributed by atoms with Gasteiger partial charge in [0.25, 0.3) is 11.8 Å². The molecule has 0 spiro atoms. The van der Waals surface area contributed by atoms with Crippen molar-refractivity contribution in [1.29, 1.82) is 0 Å². The van der Waals surface area contributed by atoms with Crippen LogP contribution in [0.2, 0.25) is 0 Å². The summed E-state index contributed by atoms with van der Waals surface area (Å²) in [6.45, 7) is 0.153. The Labute approximate surface area is 241 Å². The maximum absolute atomic E-state index is 14.0. The molecular formula is C30H21F3N6O4. The van der Waals surface area contributed by atoms with Crippen LogP contribution in [0.5, 0.6) is 0 Å². The Morgan fingerprint density at radius 3 is 2.30 bits per heavy atom. The Morgan fingerprint density at radius 1 is 0.907 bits per heavy atom. The normalized spacial score (nSPS) is 12.3. The Morgan fingerprint density at radius 2 is 1.60 bits per heavy atom. The molecule has 0 aliphatic carbocycles. The van der Waals surface area contributed by atoms with Gasteiger partial charge in [0, 0.05) is 29.4 Å². The van der Waals surface area contributed by atoms with Crippen molar-refractivity contribution in [1.82, 2.24) is 30.4 Å². The third-order valence-electron chi connectivity index (χ3n) is 6.50. The molecule has 3 aromatic heterocycles. The lowest BCUT2D eigenvalue weighted by atomic mass is 10.1. The van der Waals surface area contributed by atoms with Gasteiger partial charge in [-0.15, -0.1) is 0 Å². The largest absolute Gasteiger partial charge is 0.422 e. The van der Waals surface area contributed by atoms with Crippen LogP contribution < -0.4 is 5.32 Å². The van der Waals surface area contributed by atoms with E-state index in [-0.39, 0.29) is 23.5 Å². The second-order valence-electron chi connectivity index (χ2n) is 9.39. The first-order chi connectivity index (χ1) is 20.8. The number of nitrogens with one attached hydrogen (secondary N) is 1. The third-order valence-corrected chi connectivity index (χ3v) is 6.50. The summed E-state index contributed by atoms with van der Waals surface area (Å²) in [6.07, 6.45) is -2.89. The molecule has 0 radical (unpaired) electrons. The summed E-state index contributed by atoms with van der Waals surface area (Å²) in [5.41, 5.74) is 0.944. The van der Waals surface area contributed by atoms with E-state index < -0.39 is 41.1 Å². The summed E-state index contributed by atoms with van der Waals surface area (Å²) in [5, 5.41) is 24.9. The average Bonchev–Trinajstić information content (AvgIpc) is 3.80. The summed E-state index contributed by atoms with van der Waals surface area (Å²) >= 11 is 0. The van der Waals surface area contributed by atoms with E-state index in [2.05, 4.69) is 25.7 Å². The summed E-state index contributed by atoms with van der Waals surface area (Å²) in [5.74, 6) is -1.86. The van der Waals surface area contributed by atoms with Crippen LogP contribution in [0.3, 0.4) is 0 Å². The minimum Gasteiger partial charge on any atom is -0.378 e. The zero-order chi connectivity index (χ0) is 30.0. The Balaban J connectivity index is 1.14. The highest BCUT2D eigenvalue weighted by atomic mass is 19.4. The van der Waals surface area contributed by atoms with Gasteiger partial charge in [0.2, 0.25) is 11.6 Å². The van der Waals surface area contributed by atoms with E-state index in [1.54, 1.807) is 35.3 Å². The fourth-order valence-corrected chi connectivity index (χ4v) is 4.35. The molecule has 0 saturated heterocycles. The van der Waals surface area contributed by atoms with E-state index in [1.165, 1.54) is 36.4 Å². The van der Waals surface area contributed by atoms with E-state index in [4.69, 9.17) is 9.05 Å². The topological polar surface area (TPSA) is 132 Å². The van der Waals surface area contributed by atoms with E-state index in [0.29, 0.717) is 5.56 Å². The van der Waals surface area contributed by atoms with Crippen LogP contribution >= 0.6 is 0 Å². The SMILES string of the molecule is O=C(NCc1cnn(-c2ccccc2)c1)[C@H](O)c1ccc(-c2noc(-c3onc(-c4ccccc4)c3C(F)(F)F)n2)cc1. The Kier molecular flexibility index (Phi) is 7.30. The lowest BCUT2D eigenvalue weighted by molar-refractivity contribution is -0.137. The number of aromatic nitrogens is 5. The highest BCUT2D eigenvalue weighted by Gasteiger charge is 2.43. The number of carbonyl (C=O) groups excluding carboxylic acids is 1. The molecule has 6 rings (SSSR count). The molecule has 0 fully saturated rings. The Hall–Kier alpha value is -5.56. The van der Waals surface area contributed by atoms with Crippen LogP contribution in [0.1, 0.15) is 22.8 Å². The van der Waals surface area contributed by atoms with Crippen molar-refractivity contribution in [2.45, 2.75) is 18.8 Å². The highest BCUT2D eigenvalue weighted by Crippen LogP contribution is 2.43. The molecule has 3 heterocycles. The van der Waals surface area contributed by atoms with Gasteiger partial charge < -0.3 is 19.5 Å². The van der Waals surface area contributed by atoms with Crippen LogP contribution in [0.25, 0.3) is 40.0 Å². The number of rotatable bonds is 8. The van der Waals surface area contributed by atoms with Crippen molar-refractivity contribution < 1.29 is 32.1 Å². The smallest absolute Gasteiger partial charge is 0.378 e. The first-order valence-electron chi connectivity index (χ1n) is 12.9. The van der Waals surface area contributed by atoms with Gasteiger partial charge in [0.05, 0.1) is 11.9 Å². The van der Waals surface area contributed by atoms with Crippen molar-refractivity contribution in [3.05, 3.63) is 114 Å². The number of alkyl halides is 3. The van der Waals surface area contributed by atoms with Gasteiger partial charge in [-0.2, -0.15) is 23.3 Å². The number of carbonyl (C=O) groups is 1. The van der Waals surface area contributed by atoms with E-state index >= 15 is 0 Å². The summed E-state index contributed by atoms with van der Waals surface area (Å²) < 4.78 is 53.8. The predicted molar refractivity (Wildman–Crippen MR) is 146 cm³/mol. The van der Waals surface area contributed by atoms with Crippen LogP contribution in [0.15, 0.2) is 106 Å². The molecule has 2 N–H and O–H groups in total. The number of nitrogens with zero attached hydrogens (tertiary/aromatic N) is 5. The molecule has 6 aromatic rings. The lowest BCUT2D eigenvalue weighted by Crippen LogP contribution is -2.28. The van der Waals surface area contributed by atoms with Crippen LogP contribution in [0.4, 0.5) is 13.2 Å². The fourth-order valence-electron chi connectivity index (χ4n) is 4.35. The van der Waals surface area contributed by atoms with Crippen molar-refractivity contribution in [3.63, 3.8) is 0 Å². The van der Waals surface area contributed by atoms with Gasteiger partial charge in [-0.3, -0.25) is 4.79 Å². The predicted octanol–water partition coefficient (Wildman–Crippen LogP) is 5.61. The molecule has 1 amide bonds. The standard InChI is InChI=1S/C30H21F3N6O4/c31-30(32,33)23-24(19-7-3-1-4-8-19)37-42-26(23)29-36-27(38-43-29)21-13-11-20(12-14-21)25(40)28(41)34-15-18-16-35-39(17-18)22-9-5-2-6-10-22/h1-14,16-17,25,40H,15H2,(H,34,41)/t25-/m1/s1. The number of hydrogen-bond donors (Lipinski definition) is 2. The zero-order valence-corrected chi connectivity index (χ0v) is 22.1. The molecule has 3 aromatic carbocycles. The van der Waals surface area contributed by atoms with E-state index in [0.717, 1.165) is 11.3 Å². The highest BCUT2D eigenvalue weighted by molar-refractivity contribution is 5.82. The van der Waals surface area contributed by atoms with Gasteiger partial charge >= 0.3 is 6.18 Å². The van der Waals surface area contributed by atoms with E-state index in [1.807, 2.05) is 30.3 Å². The summed E-state index contributed by atoms with van der Waals surface area (Å²) in [4.78, 5) is 16.7. The minimum absolute atomic E-state index is 0.0262. The van der Waals surface area contributed by atoms with Crippen LogP contribution in [-0.2, 0) is 17.5 Å². The first kappa shape index (κ1) is 27.6. The van der Waals surface area contributed by atoms with Gasteiger partial charge in [0.15, 0.2) is 6.10 Å². The van der Waals surface area contributed by atoms with Gasteiger partial charge in [0.1, 0.15) is 11.3 Å². The molecule has 0 aliphatic heterocycles. The number of hydrogen-bond acceptors (Lipinski definition) is 8. The van der Waals surface area contributed by atoms with Crippen molar-refractivity contribution in [3.8, 4) is 40.0 Å². The quantitative estimate of drug-likeness (QED) is 0.235. The molecule has 1 atom stereocenters. The third kappa shape index (κ3) is 5.78. The molecule has 10 nitrogen and oxygen atoms in total. The number of halogens is 3. The Bertz CT molecular complexity index is 1850. The fraction of sp³-hybridized carbons (Fsp3) is 0.100. The van der Waals surface area contributed by atoms with Crippen molar-refractivity contribution in [2.75, 3.05) is 0 Å². The second kappa shape index (κ2) is 11.4. The van der Waals surface area contributed by atoms with Gasteiger partial charge in [-0.05, 0) is 17.7 Å². The molecule has 0 saturated carbocycles. The summed E-state index contributed by atoms with van der Waals surface area (Å²) in [6, 6.07) is 23.2. The second-order valence-corrected chi connectivity index (χ2v) is 9.39. The van der Waals surface area contributed by atoms with Crippen molar-refractivity contribution >= 4 is 5.91 Å². The van der Waals surface area contributed by atoms with Crippen LogP contribution in [-0.4, -0.2) is 36.1 Å². The number of amides is 1. The maximum atomic E-state index is 14.0. The van der Waals surface area contributed by atoms with Gasteiger partial charge in [-0.25, -0.2) is 4.68 Å². The zero-order valence-electron chi connectivity index (χ0n) is 22.1. The maximum Gasteiger partial charge on any atom is 0.422 e. The number of aliphatic hydroxyl groups excluding tert-OH is 1. The van der Waals surface area contributed by atoms with Gasteiger partial charge in [-0.1, -0.05) is 83.1 Å². The molecule has 216 valence electrons. The van der Waals surface area contributed by atoms with Crippen molar-refractivity contribution in [2.24, 2.45) is 0 Å². The summed E-state index contributed by atoms with van der Waals surface area (Å²) in [7, 11) is 0. The number of benzene rings is 3. The minimum atomic E-state index is -4.81. The molecule has 0 unspecified atom stereocenters. The van der Waals surface area contributed by atoms with E-state index in [9.17, 15) is 23.1 Å². The number of para-hydroxylation sites is 1. The average molecular weight is 587 g/mol. The van der Waals surface area contributed by atoms with Crippen LogP contribution in [0, 0.1) is 0 Å². The molecular weight excluding hydrogens is 565 g/mol. The molecule has 43 heavy (non-hydrogen) atoms.